The Hall–Kier alpha value is -1.02. The van der Waals surface area contributed by atoms with Gasteiger partial charge >= 0.3 is 12.2 Å². The lowest BCUT2D eigenvalue weighted by molar-refractivity contribution is 0.128. The quantitative estimate of drug-likeness (QED) is 0.369. The average Bonchev–Trinajstić information content (AvgIpc) is 2.45. The first kappa shape index (κ1) is 22.0. The van der Waals surface area contributed by atoms with Crippen LogP contribution >= 0.6 is 23.9 Å². The number of hydrogen-bond acceptors (Lipinski definition) is 6. The Labute approximate surface area is 148 Å². The Balaban J connectivity index is 4.54. The smallest absolute Gasteiger partial charge is 0.426 e. The molecule has 6 nitrogen and oxygen atoms in total. The molecule has 134 valence electrons. The minimum atomic E-state index is -0.543. The molecule has 0 aliphatic heterocycles. The van der Waals surface area contributed by atoms with Crippen LogP contribution in [0.25, 0.3) is 0 Å². The van der Waals surface area contributed by atoms with Crippen molar-refractivity contribution in [2.75, 3.05) is 27.0 Å². The molecule has 2 amide bonds. The van der Waals surface area contributed by atoms with Gasteiger partial charge in [0.05, 0.1) is 18.7 Å². The van der Waals surface area contributed by atoms with Crippen LogP contribution in [0, 0.1) is 5.41 Å². The summed E-state index contributed by atoms with van der Waals surface area (Å²) in [6.07, 6.45) is 2.64. The van der Waals surface area contributed by atoms with Crippen molar-refractivity contribution in [3.05, 3.63) is 11.2 Å². The van der Waals surface area contributed by atoms with E-state index >= 15 is 0 Å². The molecule has 0 unspecified atom stereocenters. The molecule has 0 spiro atoms. The van der Waals surface area contributed by atoms with Crippen LogP contribution in [-0.4, -0.2) is 47.8 Å². The summed E-state index contributed by atoms with van der Waals surface area (Å²) >= 11 is 2.40. The second-order valence-corrected chi connectivity index (χ2v) is 7.85. The zero-order valence-electron chi connectivity index (χ0n) is 15.0. The van der Waals surface area contributed by atoms with Gasteiger partial charge in [-0.1, -0.05) is 34.1 Å². The van der Waals surface area contributed by atoms with Crippen molar-refractivity contribution in [3.63, 3.8) is 0 Å². The molecular formula is C15H28N2O4S2. The van der Waals surface area contributed by atoms with Gasteiger partial charge in [-0.15, -0.1) is 11.8 Å². The van der Waals surface area contributed by atoms with Gasteiger partial charge in [0.15, 0.2) is 0 Å². The zero-order chi connectivity index (χ0) is 18.0. The Bertz CT molecular complexity index is 422. The van der Waals surface area contributed by atoms with E-state index in [1.54, 1.807) is 19.5 Å². The van der Waals surface area contributed by atoms with Gasteiger partial charge in [-0.05, 0) is 12.7 Å². The van der Waals surface area contributed by atoms with Crippen LogP contribution in [0.5, 0.6) is 0 Å². The van der Waals surface area contributed by atoms with E-state index in [4.69, 9.17) is 9.47 Å². The Morgan fingerprint density at radius 2 is 1.70 bits per heavy atom. The monoisotopic (exact) mass is 364 g/mol. The maximum Gasteiger partial charge on any atom is 0.426 e. The summed E-state index contributed by atoms with van der Waals surface area (Å²) in [5, 5.41) is 1.80. The van der Waals surface area contributed by atoms with Crippen LogP contribution in [0.1, 0.15) is 40.5 Å². The zero-order valence-corrected chi connectivity index (χ0v) is 16.7. The third-order valence-electron chi connectivity index (χ3n) is 2.64. The fourth-order valence-electron chi connectivity index (χ4n) is 1.26. The van der Waals surface area contributed by atoms with Gasteiger partial charge in [-0.25, -0.2) is 18.2 Å². The predicted molar refractivity (Wildman–Crippen MR) is 96.9 cm³/mol. The fourth-order valence-corrected chi connectivity index (χ4v) is 2.47. The van der Waals surface area contributed by atoms with Crippen molar-refractivity contribution in [1.82, 2.24) is 8.61 Å². The molecule has 8 heteroatoms. The van der Waals surface area contributed by atoms with E-state index in [1.165, 1.54) is 20.4 Å². The number of allylic oxidation sites excluding steroid dienone is 1. The number of thioether (sulfide) groups is 1. The van der Waals surface area contributed by atoms with Crippen LogP contribution < -0.4 is 0 Å². The second kappa shape index (κ2) is 10.7. The van der Waals surface area contributed by atoms with E-state index in [-0.39, 0.29) is 5.41 Å². The van der Waals surface area contributed by atoms with E-state index in [2.05, 4.69) is 0 Å². The average molecular weight is 365 g/mol. The first-order valence-corrected chi connectivity index (χ1v) is 9.42. The first-order chi connectivity index (χ1) is 10.6. The van der Waals surface area contributed by atoms with Crippen LogP contribution in [0.2, 0.25) is 0 Å². The third kappa shape index (κ3) is 9.00. The van der Waals surface area contributed by atoms with E-state index < -0.39 is 12.2 Å². The van der Waals surface area contributed by atoms with Gasteiger partial charge in [0.1, 0.15) is 5.76 Å². The molecule has 0 bridgehead atoms. The molecule has 0 aromatic heterocycles. The van der Waals surface area contributed by atoms with Crippen LogP contribution in [0.15, 0.2) is 11.2 Å². The fraction of sp³-hybridized carbons (Fsp3) is 0.733. The van der Waals surface area contributed by atoms with E-state index in [1.807, 2.05) is 34.0 Å². The van der Waals surface area contributed by atoms with Crippen molar-refractivity contribution in [3.8, 4) is 0 Å². The van der Waals surface area contributed by atoms with Crippen molar-refractivity contribution in [1.29, 1.82) is 0 Å². The molecule has 0 atom stereocenters. The Morgan fingerprint density at radius 1 is 1.13 bits per heavy atom. The van der Waals surface area contributed by atoms with Crippen LogP contribution in [-0.2, 0) is 9.47 Å². The number of carbonyl (C=O) groups is 2. The SMILES string of the molecule is CCCCOC(=O)N(C)SN(C)C(=O)OC(=CSC)C(C)(C)C. The summed E-state index contributed by atoms with van der Waals surface area (Å²) < 4.78 is 13.0. The molecule has 0 rings (SSSR count). The summed E-state index contributed by atoms with van der Waals surface area (Å²) in [5.74, 6) is 0.579. The molecule has 0 fully saturated rings. The van der Waals surface area contributed by atoms with Gasteiger partial charge in [0.2, 0.25) is 0 Å². The van der Waals surface area contributed by atoms with Crippen LogP contribution in [0.4, 0.5) is 9.59 Å². The molecule has 0 heterocycles. The number of carbonyl (C=O) groups excluding carboxylic acids is 2. The molecule has 0 saturated carbocycles. The van der Waals surface area contributed by atoms with Crippen molar-refractivity contribution >= 4 is 36.1 Å². The highest BCUT2D eigenvalue weighted by Gasteiger charge is 2.25. The number of hydrogen-bond donors (Lipinski definition) is 0. The molecule has 0 aromatic carbocycles. The molecule has 0 aliphatic carbocycles. The van der Waals surface area contributed by atoms with Gasteiger partial charge in [0, 0.05) is 24.9 Å². The van der Waals surface area contributed by atoms with Gasteiger partial charge < -0.3 is 9.47 Å². The molecule has 23 heavy (non-hydrogen) atoms. The number of ether oxygens (including phenoxy) is 2. The number of nitrogens with zero attached hydrogens (tertiary/aromatic N) is 2. The third-order valence-corrected chi connectivity index (χ3v) is 3.88. The minimum absolute atomic E-state index is 0.283. The number of rotatable bonds is 7. The summed E-state index contributed by atoms with van der Waals surface area (Å²) in [5.41, 5.74) is -0.283. The highest BCUT2D eigenvalue weighted by Crippen LogP contribution is 2.29. The summed E-state index contributed by atoms with van der Waals surface area (Å²) in [6, 6.07) is 0. The maximum absolute atomic E-state index is 12.1. The lowest BCUT2D eigenvalue weighted by Crippen LogP contribution is -2.31. The maximum atomic E-state index is 12.1. The van der Waals surface area contributed by atoms with Crippen molar-refractivity contribution in [2.24, 2.45) is 5.41 Å². The highest BCUT2D eigenvalue weighted by molar-refractivity contribution is 8.01. The lowest BCUT2D eigenvalue weighted by Gasteiger charge is -2.25. The van der Waals surface area contributed by atoms with Gasteiger partial charge in [0.25, 0.3) is 0 Å². The number of unbranched alkanes of at least 4 members (excludes halogenated alkanes) is 1. The van der Waals surface area contributed by atoms with Crippen LogP contribution in [0.3, 0.4) is 0 Å². The largest absolute Gasteiger partial charge is 0.449 e. The normalized spacial score (nSPS) is 11.9. The van der Waals surface area contributed by atoms with Crippen molar-refractivity contribution < 1.29 is 19.1 Å². The van der Waals surface area contributed by atoms with E-state index in [0.29, 0.717) is 12.4 Å². The summed E-state index contributed by atoms with van der Waals surface area (Å²) in [4.78, 5) is 23.9. The molecule has 0 aromatic rings. The summed E-state index contributed by atoms with van der Waals surface area (Å²) in [7, 11) is 3.09. The predicted octanol–water partition coefficient (Wildman–Crippen LogP) is 4.74. The topological polar surface area (TPSA) is 59.1 Å². The molecule has 0 N–H and O–H groups in total. The first-order valence-electron chi connectivity index (χ1n) is 7.41. The second-order valence-electron chi connectivity index (χ2n) is 5.88. The lowest BCUT2D eigenvalue weighted by atomic mass is 9.95. The summed E-state index contributed by atoms with van der Waals surface area (Å²) in [6.45, 7) is 8.29. The highest BCUT2D eigenvalue weighted by atomic mass is 32.2. The standard InChI is InChI=1S/C15H28N2O4S2/c1-8-9-10-20-13(18)16(5)23-17(6)14(19)21-12(11-22-7)15(2,3)4/h11H,8-10H2,1-7H3. The molecule has 0 aliphatic rings. The molecule has 0 saturated heterocycles. The van der Waals surface area contributed by atoms with Crippen molar-refractivity contribution in [2.45, 2.75) is 40.5 Å². The Kier molecular flexibility index (Phi) is 10.2. The van der Waals surface area contributed by atoms with Gasteiger partial charge in [-0.2, -0.15) is 0 Å². The molecule has 0 radical (unpaired) electrons. The van der Waals surface area contributed by atoms with E-state index in [0.717, 1.165) is 25.0 Å². The van der Waals surface area contributed by atoms with E-state index in [9.17, 15) is 9.59 Å². The minimum Gasteiger partial charge on any atom is -0.449 e. The molecular weight excluding hydrogens is 336 g/mol. The number of amides is 2. The van der Waals surface area contributed by atoms with Gasteiger partial charge in [-0.3, -0.25) is 0 Å². The Morgan fingerprint density at radius 3 is 2.17 bits per heavy atom.